The van der Waals surface area contributed by atoms with Crippen molar-refractivity contribution in [3.8, 4) is 11.5 Å². The van der Waals surface area contributed by atoms with Crippen molar-refractivity contribution in [2.75, 3.05) is 24.4 Å². The van der Waals surface area contributed by atoms with Gasteiger partial charge in [-0.15, -0.1) is 0 Å². The predicted octanol–water partition coefficient (Wildman–Crippen LogP) is 5.69. The van der Waals surface area contributed by atoms with Crippen LogP contribution in [0.15, 0.2) is 66.7 Å². The lowest BCUT2D eigenvalue weighted by Crippen LogP contribution is -2.43. The van der Waals surface area contributed by atoms with E-state index in [2.05, 4.69) is 10.6 Å². The Morgan fingerprint density at radius 2 is 1.72 bits per heavy atom. The van der Waals surface area contributed by atoms with Gasteiger partial charge in [0.25, 0.3) is 0 Å². The number of carboxylic acids is 1. The van der Waals surface area contributed by atoms with Crippen LogP contribution < -0.4 is 20.1 Å². The van der Waals surface area contributed by atoms with Gasteiger partial charge in [0.15, 0.2) is 0 Å². The number of nitrogens with one attached hydrogen (secondary N) is 2. The van der Waals surface area contributed by atoms with Crippen LogP contribution >= 0.6 is 11.6 Å². The summed E-state index contributed by atoms with van der Waals surface area (Å²) in [6, 6.07) is 17.8. The molecule has 0 aromatic heterocycles. The summed E-state index contributed by atoms with van der Waals surface area (Å²) >= 11 is 6.11. The minimum absolute atomic E-state index is 0.0333. The molecule has 0 unspecified atom stereocenters. The maximum absolute atomic E-state index is 13.3. The minimum Gasteiger partial charge on any atom is -0.495 e. The second-order valence-corrected chi connectivity index (χ2v) is 9.70. The number of amides is 3. The van der Waals surface area contributed by atoms with Crippen molar-refractivity contribution >= 4 is 40.9 Å². The predicted molar refractivity (Wildman–Crippen MR) is 149 cm³/mol. The Balaban J connectivity index is 1.37. The van der Waals surface area contributed by atoms with Crippen molar-refractivity contribution in [2.24, 2.45) is 0 Å². The zero-order valence-electron chi connectivity index (χ0n) is 21.6. The molecule has 3 aromatic carbocycles. The van der Waals surface area contributed by atoms with Gasteiger partial charge in [-0.3, -0.25) is 4.79 Å². The van der Waals surface area contributed by atoms with E-state index >= 15 is 0 Å². The fourth-order valence-corrected chi connectivity index (χ4v) is 4.81. The molecule has 4 rings (SSSR count). The van der Waals surface area contributed by atoms with Gasteiger partial charge in [-0.05, 0) is 73.9 Å². The molecule has 3 aromatic rings. The molecular formula is C29H30ClN3O6. The number of carboxylic acid groups (broad SMARTS) is 1. The highest BCUT2D eigenvalue weighted by Crippen LogP contribution is 2.29. The van der Waals surface area contributed by atoms with Crippen molar-refractivity contribution in [3.63, 3.8) is 0 Å². The van der Waals surface area contributed by atoms with Crippen LogP contribution in [0.25, 0.3) is 0 Å². The van der Waals surface area contributed by atoms with E-state index in [9.17, 15) is 14.4 Å². The average molecular weight is 552 g/mol. The number of carbonyl (C=O) groups excluding carboxylic acids is 2. The van der Waals surface area contributed by atoms with Crippen molar-refractivity contribution in [3.05, 3.63) is 82.9 Å². The van der Waals surface area contributed by atoms with Gasteiger partial charge in [-0.1, -0.05) is 29.8 Å². The van der Waals surface area contributed by atoms with E-state index < -0.39 is 12.0 Å². The molecule has 1 heterocycles. The minimum atomic E-state index is -0.997. The highest BCUT2D eigenvalue weighted by molar-refractivity contribution is 6.33. The molecule has 1 aliphatic heterocycles. The van der Waals surface area contributed by atoms with Crippen molar-refractivity contribution < 1.29 is 29.0 Å². The summed E-state index contributed by atoms with van der Waals surface area (Å²) in [5.41, 5.74) is 1.87. The Morgan fingerprint density at radius 3 is 2.41 bits per heavy atom. The fraction of sp³-hybridized carbons (Fsp3) is 0.276. The summed E-state index contributed by atoms with van der Waals surface area (Å²) in [6.07, 6.45) is 1.84. The lowest BCUT2D eigenvalue weighted by Gasteiger charge is -2.29. The van der Waals surface area contributed by atoms with Gasteiger partial charge in [-0.25, -0.2) is 9.59 Å². The number of carbonyl (C=O) groups is 3. The maximum Gasteiger partial charge on any atom is 0.335 e. The van der Waals surface area contributed by atoms with Crippen molar-refractivity contribution in [1.82, 2.24) is 4.90 Å². The quantitative estimate of drug-likeness (QED) is 0.314. The Kier molecular flexibility index (Phi) is 8.93. The highest BCUT2D eigenvalue weighted by atomic mass is 35.5. The molecule has 3 amide bonds. The van der Waals surface area contributed by atoms with E-state index in [0.29, 0.717) is 34.5 Å². The Bertz CT molecular complexity index is 1350. The molecule has 0 spiro atoms. The zero-order valence-corrected chi connectivity index (χ0v) is 22.4. The third kappa shape index (κ3) is 7.00. The number of aromatic carboxylic acids is 1. The average Bonchev–Trinajstić information content (AvgIpc) is 3.30. The number of anilines is 2. The number of halogens is 1. The molecule has 1 fully saturated rings. The monoisotopic (exact) mass is 551 g/mol. The topological polar surface area (TPSA) is 117 Å². The SMILES string of the molecule is COc1cc(CC(=O)N2[C@H](COc3ccc(C(=O)O)cc3)CC[C@@H]2C)ccc1NC(=O)Nc1ccccc1Cl. The second kappa shape index (κ2) is 12.5. The van der Waals surface area contributed by atoms with E-state index in [1.165, 1.54) is 19.2 Å². The third-order valence-electron chi connectivity index (χ3n) is 6.61. The molecular weight excluding hydrogens is 522 g/mol. The van der Waals surface area contributed by atoms with Crippen LogP contribution in [-0.2, 0) is 11.2 Å². The van der Waals surface area contributed by atoms with E-state index in [-0.39, 0.29) is 30.0 Å². The molecule has 1 saturated heterocycles. The molecule has 0 radical (unpaired) electrons. The molecule has 0 aliphatic carbocycles. The number of hydrogen-bond donors (Lipinski definition) is 3. The number of benzene rings is 3. The van der Waals surface area contributed by atoms with E-state index in [4.69, 9.17) is 26.2 Å². The molecule has 204 valence electrons. The zero-order chi connectivity index (χ0) is 27.9. The van der Waals surface area contributed by atoms with E-state index in [1.54, 1.807) is 54.6 Å². The molecule has 10 heteroatoms. The number of urea groups is 1. The smallest absolute Gasteiger partial charge is 0.335 e. The van der Waals surface area contributed by atoms with Crippen LogP contribution in [0.5, 0.6) is 11.5 Å². The standard InChI is InChI=1S/C29H30ClN3O6/c1-18-7-11-21(17-39-22-12-9-20(10-13-22)28(35)36)33(18)27(34)16-19-8-14-25(26(15-19)38-2)32-29(37)31-24-6-4-3-5-23(24)30/h3-6,8-10,12-15,18,21H,7,11,16-17H2,1-2H3,(H,35,36)(H2,31,32,37)/t18-,21-/m0/s1. The normalized spacial score (nSPS) is 16.4. The number of ether oxygens (including phenoxy) is 2. The number of nitrogens with zero attached hydrogens (tertiary/aromatic N) is 1. The lowest BCUT2D eigenvalue weighted by molar-refractivity contribution is -0.133. The molecule has 1 aliphatic rings. The molecule has 2 atom stereocenters. The Morgan fingerprint density at radius 1 is 1.00 bits per heavy atom. The first-order chi connectivity index (χ1) is 18.7. The lowest BCUT2D eigenvalue weighted by atomic mass is 10.1. The van der Waals surface area contributed by atoms with Crippen LogP contribution in [-0.4, -0.2) is 53.7 Å². The van der Waals surface area contributed by atoms with Crippen LogP contribution in [0.2, 0.25) is 5.02 Å². The molecule has 9 nitrogen and oxygen atoms in total. The van der Waals surface area contributed by atoms with Gasteiger partial charge in [0.05, 0.1) is 41.5 Å². The number of rotatable bonds is 9. The van der Waals surface area contributed by atoms with Crippen LogP contribution in [0.1, 0.15) is 35.7 Å². The van der Waals surface area contributed by atoms with Gasteiger partial charge in [-0.2, -0.15) is 0 Å². The first kappa shape index (κ1) is 27.8. The summed E-state index contributed by atoms with van der Waals surface area (Å²) in [5, 5.41) is 14.9. The molecule has 3 N–H and O–H groups in total. The van der Waals surface area contributed by atoms with E-state index in [1.807, 2.05) is 11.8 Å². The number of methoxy groups -OCH3 is 1. The summed E-state index contributed by atoms with van der Waals surface area (Å²) in [7, 11) is 1.50. The highest BCUT2D eigenvalue weighted by Gasteiger charge is 2.34. The molecule has 39 heavy (non-hydrogen) atoms. The van der Waals surface area contributed by atoms with Gasteiger partial charge in [0, 0.05) is 6.04 Å². The number of para-hydroxylation sites is 1. The summed E-state index contributed by atoms with van der Waals surface area (Å²) in [6.45, 7) is 2.33. The van der Waals surface area contributed by atoms with E-state index in [0.717, 1.165) is 18.4 Å². The first-order valence-corrected chi connectivity index (χ1v) is 12.9. The van der Waals surface area contributed by atoms with Gasteiger partial charge in [0.1, 0.15) is 18.1 Å². The largest absolute Gasteiger partial charge is 0.495 e. The van der Waals surface area contributed by atoms with Crippen LogP contribution in [0, 0.1) is 0 Å². The molecule has 0 saturated carbocycles. The summed E-state index contributed by atoms with van der Waals surface area (Å²) in [5.74, 6) is -0.0510. The second-order valence-electron chi connectivity index (χ2n) is 9.29. The maximum atomic E-state index is 13.3. The van der Waals surface area contributed by atoms with Gasteiger partial charge >= 0.3 is 12.0 Å². The number of likely N-dealkylation sites (tertiary alicyclic amines) is 1. The Labute approximate surface area is 231 Å². The van der Waals surface area contributed by atoms with Gasteiger partial charge < -0.3 is 30.1 Å². The number of hydrogen-bond acceptors (Lipinski definition) is 5. The third-order valence-corrected chi connectivity index (χ3v) is 6.94. The summed E-state index contributed by atoms with van der Waals surface area (Å²) < 4.78 is 11.4. The van der Waals surface area contributed by atoms with Crippen molar-refractivity contribution in [2.45, 2.75) is 38.3 Å². The van der Waals surface area contributed by atoms with Crippen LogP contribution in [0.4, 0.5) is 16.2 Å². The van der Waals surface area contributed by atoms with Crippen molar-refractivity contribution in [1.29, 1.82) is 0 Å². The molecule has 0 bridgehead atoms. The fourth-order valence-electron chi connectivity index (χ4n) is 4.62. The van der Waals surface area contributed by atoms with Crippen LogP contribution in [0.3, 0.4) is 0 Å². The summed E-state index contributed by atoms with van der Waals surface area (Å²) in [4.78, 5) is 38.7. The Hall–Kier alpha value is -4.24. The van der Waals surface area contributed by atoms with Gasteiger partial charge in [0.2, 0.25) is 5.91 Å². The first-order valence-electron chi connectivity index (χ1n) is 12.5.